The minimum Gasteiger partial charge on any atom is -0.461 e. The second-order valence-corrected chi connectivity index (χ2v) is 8.45. The summed E-state index contributed by atoms with van der Waals surface area (Å²) in [5.41, 5.74) is 2.32. The number of rotatable bonds is 5. The summed E-state index contributed by atoms with van der Waals surface area (Å²) in [6.45, 7) is 5.19. The fourth-order valence-corrected chi connectivity index (χ4v) is 5.21. The van der Waals surface area contributed by atoms with E-state index in [-0.39, 0.29) is 12.1 Å². The van der Waals surface area contributed by atoms with Gasteiger partial charge >= 0.3 is 0 Å². The summed E-state index contributed by atoms with van der Waals surface area (Å²) in [7, 11) is 0. The van der Waals surface area contributed by atoms with E-state index in [2.05, 4.69) is 45.3 Å². The Morgan fingerprint density at radius 3 is 2.79 bits per heavy atom. The van der Waals surface area contributed by atoms with Gasteiger partial charge in [0.25, 0.3) is 0 Å². The standard InChI is InChI=1S/C23H28N4O2/c1-2-21-18(17-5-3-4-6-22(17)29-21)14-27-12-15-9-19(20(28)10-16(15)13-27)26-23-11-24-7-8-25-23/h3-8,11,15-16,19-20,28H,2,9-10,12-14H2,1H3,(H,25,26)/t15-,16+,19-,20-/m1/s1. The normalized spacial score (nSPS) is 27.2. The maximum Gasteiger partial charge on any atom is 0.144 e. The summed E-state index contributed by atoms with van der Waals surface area (Å²) >= 11 is 0. The molecule has 1 saturated carbocycles. The van der Waals surface area contributed by atoms with Gasteiger partial charge in [0.2, 0.25) is 0 Å². The van der Waals surface area contributed by atoms with E-state index in [9.17, 15) is 5.11 Å². The highest BCUT2D eigenvalue weighted by Crippen LogP contribution is 2.39. The fraction of sp³-hybridized carbons (Fsp3) is 0.478. The number of hydrogen-bond acceptors (Lipinski definition) is 6. The first-order chi connectivity index (χ1) is 14.2. The van der Waals surface area contributed by atoms with Gasteiger partial charge in [-0.3, -0.25) is 9.88 Å². The number of para-hydroxylation sites is 1. The van der Waals surface area contributed by atoms with Crippen LogP contribution in [0.4, 0.5) is 5.82 Å². The van der Waals surface area contributed by atoms with Crippen molar-refractivity contribution < 1.29 is 9.52 Å². The molecule has 3 aromatic rings. The maximum atomic E-state index is 10.7. The molecule has 0 amide bonds. The average Bonchev–Trinajstić information content (AvgIpc) is 3.29. The number of aliphatic hydroxyl groups is 1. The molecule has 1 aliphatic heterocycles. The zero-order chi connectivity index (χ0) is 19.8. The number of anilines is 1. The van der Waals surface area contributed by atoms with Gasteiger partial charge in [-0.05, 0) is 30.7 Å². The molecule has 6 nitrogen and oxygen atoms in total. The highest BCUT2D eigenvalue weighted by atomic mass is 16.3. The Bertz CT molecular complexity index is 973. The molecule has 2 fully saturated rings. The Morgan fingerprint density at radius 1 is 1.17 bits per heavy atom. The topological polar surface area (TPSA) is 74.4 Å². The molecule has 4 atom stereocenters. The van der Waals surface area contributed by atoms with Crippen LogP contribution in [0, 0.1) is 11.8 Å². The van der Waals surface area contributed by atoms with Gasteiger partial charge in [-0.2, -0.15) is 0 Å². The fourth-order valence-electron chi connectivity index (χ4n) is 5.21. The number of hydrogen-bond donors (Lipinski definition) is 2. The van der Waals surface area contributed by atoms with Gasteiger partial charge in [-0.15, -0.1) is 0 Å². The number of fused-ring (bicyclic) bond motifs is 2. The molecule has 3 heterocycles. The van der Waals surface area contributed by atoms with E-state index in [1.165, 1.54) is 10.9 Å². The van der Waals surface area contributed by atoms with Crippen molar-refractivity contribution in [3.63, 3.8) is 0 Å². The van der Waals surface area contributed by atoms with Gasteiger partial charge in [-0.1, -0.05) is 25.1 Å². The zero-order valence-electron chi connectivity index (χ0n) is 16.8. The Morgan fingerprint density at radius 2 is 2.00 bits per heavy atom. The smallest absolute Gasteiger partial charge is 0.144 e. The van der Waals surface area contributed by atoms with Crippen LogP contribution in [0.3, 0.4) is 0 Å². The van der Waals surface area contributed by atoms with Gasteiger partial charge in [0.15, 0.2) is 0 Å². The average molecular weight is 393 g/mol. The number of benzene rings is 1. The second kappa shape index (κ2) is 7.76. The maximum absolute atomic E-state index is 10.7. The third kappa shape index (κ3) is 3.63. The Kier molecular flexibility index (Phi) is 4.97. The predicted molar refractivity (Wildman–Crippen MR) is 113 cm³/mol. The monoisotopic (exact) mass is 392 g/mol. The first-order valence-corrected chi connectivity index (χ1v) is 10.6. The molecule has 6 heteroatoms. The van der Waals surface area contributed by atoms with E-state index in [1.807, 2.05) is 6.07 Å². The van der Waals surface area contributed by atoms with Crippen molar-refractivity contribution in [3.05, 3.63) is 54.2 Å². The van der Waals surface area contributed by atoms with Crippen molar-refractivity contribution in [2.24, 2.45) is 11.8 Å². The number of nitrogens with zero attached hydrogens (tertiary/aromatic N) is 3. The Labute approximate surface area is 171 Å². The molecular weight excluding hydrogens is 364 g/mol. The van der Waals surface area contributed by atoms with Crippen LogP contribution in [-0.4, -0.2) is 45.2 Å². The van der Waals surface area contributed by atoms with Crippen LogP contribution in [0.1, 0.15) is 31.1 Å². The molecule has 2 N–H and O–H groups in total. The first-order valence-electron chi connectivity index (χ1n) is 10.6. The van der Waals surface area contributed by atoms with Gasteiger partial charge in [0.05, 0.1) is 18.3 Å². The van der Waals surface area contributed by atoms with Crippen molar-refractivity contribution in [2.75, 3.05) is 18.4 Å². The Balaban J connectivity index is 1.29. The van der Waals surface area contributed by atoms with E-state index in [0.717, 1.165) is 56.1 Å². The minimum atomic E-state index is -0.348. The molecule has 152 valence electrons. The van der Waals surface area contributed by atoms with Crippen LogP contribution < -0.4 is 5.32 Å². The molecule has 0 radical (unpaired) electrons. The zero-order valence-corrected chi connectivity index (χ0v) is 16.8. The molecule has 29 heavy (non-hydrogen) atoms. The van der Waals surface area contributed by atoms with Crippen LogP contribution in [-0.2, 0) is 13.0 Å². The van der Waals surface area contributed by atoms with Crippen LogP contribution in [0.15, 0.2) is 47.3 Å². The molecule has 1 aliphatic carbocycles. The van der Waals surface area contributed by atoms with Crippen molar-refractivity contribution in [2.45, 2.75) is 44.9 Å². The van der Waals surface area contributed by atoms with Gasteiger partial charge in [-0.25, -0.2) is 4.98 Å². The summed E-state index contributed by atoms with van der Waals surface area (Å²) in [6.07, 6.45) is 7.43. The Hall–Kier alpha value is -2.44. The number of likely N-dealkylation sites (tertiary alicyclic amines) is 1. The van der Waals surface area contributed by atoms with Crippen LogP contribution in [0.2, 0.25) is 0 Å². The lowest BCUT2D eigenvalue weighted by Crippen LogP contribution is -2.43. The third-order valence-corrected chi connectivity index (χ3v) is 6.60. The van der Waals surface area contributed by atoms with E-state index < -0.39 is 0 Å². The van der Waals surface area contributed by atoms with Crippen LogP contribution in [0.25, 0.3) is 11.0 Å². The van der Waals surface area contributed by atoms with Crippen molar-refractivity contribution >= 4 is 16.8 Å². The van der Waals surface area contributed by atoms with E-state index >= 15 is 0 Å². The number of aryl methyl sites for hydroxylation is 1. The highest BCUT2D eigenvalue weighted by Gasteiger charge is 2.42. The predicted octanol–water partition coefficient (Wildman–Crippen LogP) is 3.47. The third-order valence-electron chi connectivity index (χ3n) is 6.60. The molecule has 0 spiro atoms. The summed E-state index contributed by atoms with van der Waals surface area (Å²) in [5, 5.41) is 15.3. The van der Waals surface area contributed by atoms with Gasteiger partial charge in [0.1, 0.15) is 17.2 Å². The summed E-state index contributed by atoms with van der Waals surface area (Å²) in [5.74, 6) is 2.98. The lowest BCUT2D eigenvalue weighted by Gasteiger charge is -2.35. The lowest BCUT2D eigenvalue weighted by atomic mass is 9.77. The number of furan rings is 1. The summed E-state index contributed by atoms with van der Waals surface area (Å²) in [4.78, 5) is 11.0. The van der Waals surface area contributed by atoms with E-state index in [0.29, 0.717) is 11.8 Å². The number of aromatic nitrogens is 2. The SMILES string of the molecule is CCc1oc2ccccc2c1CN1C[C@H]2C[C@@H](Nc3cnccn3)[C@H](O)C[C@H]2C1. The molecule has 5 rings (SSSR count). The summed E-state index contributed by atoms with van der Waals surface area (Å²) < 4.78 is 6.09. The summed E-state index contributed by atoms with van der Waals surface area (Å²) in [6, 6.07) is 8.38. The molecule has 2 aliphatic rings. The van der Waals surface area contributed by atoms with E-state index in [4.69, 9.17) is 4.42 Å². The number of nitrogens with one attached hydrogen (secondary N) is 1. The minimum absolute atomic E-state index is 0.0360. The second-order valence-electron chi connectivity index (χ2n) is 8.45. The van der Waals surface area contributed by atoms with Gasteiger partial charge in [0, 0.05) is 49.4 Å². The first kappa shape index (κ1) is 18.6. The lowest BCUT2D eigenvalue weighted by molar-refractivity contribution is 0.0735. The van der Waals surface area contributed by atoms with E-state index in [1.54, 1.807) is 18.6 Å². The molecule has 2 aromatic heterocycles. The van der Waals surface area contributed by atoms with Crippen molar-refractivity contribution in [1.29, 1.82) is 0 Å². The quantitative estimate of drug-likeness (QED) is 0.693. The molecular formula is C23H28N4O2. The molecule has 0 unspecified atom stereocenters. The van der Waals surface area contributed by atoms with Crippen LogP contribution in [0.5, 0.6) is 0 Å². The van der Waals surface area contributed by atoms with Gasteiger partial charge < -0.3 is 14.8 Å². The van der Waals surface area contributed by atoms with Crippen molar-refractivity contribution in [1.82, 2.24) is 14.9 Å². The molecule has 0 bridgehead atoms. The largest absolute Gasteiger partial charge is 0.461 e. The van der Waals surface area contributed by atoms with Crippen molar-refractivity contribution in [3.8, 4) is 0 Å². The highest BCUT2D eigenvalue weighted by molar-refractivity contribution is 5.82. The number of aliphatic hydroxyl groups excluding tert-OH is 1. The molecule has 1 aromatic carbocycles. The van der Waals surface area contributed by atoms with Crippen LogP contribution >= 0.6 is 0 Å². The molecule has 1 saturated heterocycles.